The highest BCUT2D eigenvalue weighted by Crippen LogP contribution is 2.26. The standard InChI is InChI=1S/C22H22N4OS/c1-22(2,3)15-8-10-16(11-9-15)24-20(27)12-26-19-7-5-4-6-17(19)25-21(26)18-13-28-14-23-18/h4-11,13-14H,12H2,1-3H3,(H,24,27). The molecule has 0 fully saturated rings. The molecule has 2 aromatic heterocycles. The van der Waals surface area contributed by atoms with Crippen LogP contribution in [-0.2, 0) is 16.8 Å². The third-order valence-corrected chi connectivity index (χ3v) is 5.24. The van der Waals surface area contributed by atoms with E-state index in [1.807, 2.05) is 46.3 Å². The van der Waals surface area contributed by atoms with Gasteiger partial charge in [-0.15, -0.1) is 11.3 Å². The van der Waals surface area contributed by atoms with E-state index in [0.717, 1.165) is 22.4 Å². The number of aromatic nitrogens is 3. The zero-order chi connectivity index (χ0) is 19.7. The van der Waals surface area contributed by atoms with Gasteiger partial charge in [0, 0.05) is 11.1 Å². The number of amides is 1. The van der Waals surface area contributed by atoms with E-state index < -0.39 is 0 Å². The van der Waals surface area contributed by atoms with Gasteiger partial charge >= 0.3 is 0 Å². The number of para-hydroxylation sites is 2. The minimum absolute atomic E-state index is 0.0840. The summed E-state index contributed by atoms with van der Waals surface area (Å²) < 4.78 is 1.92. The van der Waals surface area contributed by atoms with Gasteiger partial charge in [-0.25, -0.2) is 9.97 Å². The van der Waals surface area contributed by atoms with Gasteiger partial charge in [-0.1, -0.05) is 45.0 Å². The molecule has 0 spiro atoms. The zero-order valence-corrected chi connectivity index (χ0v) is 17.0. The van der Waals surface area contributed by atoms with Crippen LogP contribution in [0.4, 0.5) is 5.69 Å². The van der Waals surface area contributed by atoms with Gasteiger partial charge in [0.05, 0.1) is 16.5 Å². The van der Waals surface area contributed by atoms with Crippen molar-refractivity contribution in [2.24, 2.45) is 0 Å². The normalized spacial score (nSPS) is 11.7. The van der Waals surface area contributed by atoms with Crippen LogP contribution in [0.3, 0.4) is 0 Å². The van der Waals surface area contributed by atoms with E-state index in [1.165, 1.54) is 16.9 Å². The molecule has 5 nitrogen and oxygen atoms in total. The number of nitrogens with one attached hydrogen (secondary N) is 1. The molecule has 0 unspecified atom stereocenters. The first-order valence-electron chi connectivity index (χ1n) is 9.16. The highest BCUT2D eigenvalue weighted by molar-refractivity contribution is 7.07. The number of hydrogen-bond acceptors (Lipinski definition) is 4. The van der Waals surface area contributed by atoms with Crippen LogP contribution in [0.25, 0.3) is 22.6 Å². The van der Waals surface area contributed by atoms with Gasteiger partial charge in [0.2, 0.25) is 5.91 Å². The molecule has 0 radical (unpaired) electrons. The van der Waals surface area contributed by atoms with Crippen molar-refractivity contribution in [2.45, 2.75) is 32.7 Å². The molecule has 2 aromatic carbocycles. The lowest BCUT2D eigenvalue weighted by molar-refractivity contribution is -0.116. The number of thiazole rings is 1. The van der Waals surface area contributed by atoms with E-state index in [4.69, 9.17) is 0 Å². The summed E-state index contributed by atoms with van der Waals surface area (Å²) in [5.74, 6) is 0.615. The molecule has 1 amide bonds. The van der Waals surface area contributed by atoms with E-state index in [2.05, 4.69) is 48.2 Å². The van der Waals surface area contributed by atoms with E-state index in [1.54, 1.807) is 5.51 Å². The predicted octanol–water partition coefficient (Wildman–Crippen LogP) is 5.10. The molecule has 6 heteroatoms. The highest BCUT2D eigenvalue weighted by Gasteiger charge is 2.17. The number of imidazole rings is 1. The molecule has 0 aliphatic carbocycles. The molecular weight excluding hydrogens is 368 g/mol. The maximum absolute atomic E-state index is 12.7. The Labute approximate surface area is 168 Å². The Kier molecular flexibility index (Phi) is 4.73. The Morgan fingerprint density at radius 3 is 2.54 bits per heavy atom. The molecule has 0 atom stereocenters. The lowest BCUT2D eigenvalue weighted by atomic mass is 9.87. The van der Waals surface area contributed by atoms with Crippen LogP contribution in [0, 0.1) is 0 Å². The molecule has 0 bridgehead atoms. The summed E-state index contributed by atoms with van der Waals surface area (Å²) in [6, 6.07) is 15.8. The van der Waals surface area contributed by atoms with Crippen molar-refractivity contribution >= 4 is 34.0 Å². The van der Waals surface area contributed by atoms with Crippen LogP contribution >= 0.6 is 11.3 Å². The minimum atomic E-state index is -0.0943. The Morgan fingerprint density at radius 2 is 1.86 bits per heavy atom. The van der Waals surface area contributed by atoms with Crippen LogP contribution in [0.5, 0.6) is 0 Å². The predicted molar refractivity (Wildman–Crippen MR) is 115 cm³/mol. The molecule has 0 saturated heterocycles. The first kappa shape index (κ1) is 18.4. The first-order chi connectivity index (χ1) is 13.4. The molecule has 2 heterocycles. The fraction of sp³-hybridized carbons (Fsp3) is 0.227. The Bertz CT molecular complexity index is 1110. The second kappa shape index (κ2) is 7.20. The monoisotopic (exact) mass is 390 g/mol. The van der Waals surface area contributed by atoms with Crippen molar-refractivity contribution in [1.82, 2.24) is 14.5 Å². The molecular formula is C22H22N4OS. The lowest BCUT2D eigenvalue weighted by Crippen LogP contribution is -2.19. The molecule has 4 rings (SSSR count). The van der Waals surface area contributed by atoms with Gasteiger partial charge in [-0.2, -0.15) is 0 Å². The van der Waals surface area contributed by atoms with Gasteiger partial charge in [0.15, 0.2) is 5.82 Å². The second-order valence-electron chi connectivity index (χ2n) is 7.76. The highest BCUT2D eigenvalue weighted by atomic mass is 32.1. The quantitative estimate of drug-likeness (QED) is 0.528. The smallest absolute Gasteiger partial charge is 0.244 e. The van der Waals surface area contributed by atoms with Crippen LogP contribution in [0.1, 0.15) is 26.3 Å². The van der Waals surface area contributed by atoms with Crippen molar-refractivity contribution in [1.29, 1.82) is 0 Å². The van der Waals surface area contributed by atoms with E-state index >= 15 is 0 Å². The van der Waals surface area contributed by atoms with Crippen molar-refractivity contribution in [3.05, 3.63) is 65.0 Å². The summed E-state index contributed by atoms with van der Waals surface area (Å²) in [5.41, 5.74) is 6.44. The molecule has 142 valence electrons. The molecule has 0 aliphatic rings. The van der Waals surface area contributed by atoms with E-state index in [9.17, 15) is 4.79 Å². The minimum Gasteiger partial charge on any atom is -0.325 e. The number of benzene rings is 2. The second-order valence-corrected chi connectivity index (χ2v) is 8.48. The zero-order valence-electron chi connectivity index (χ0n) is 16.1. The van der Waals surface area contributed by atoms with Gasteiger partial charge in [-0.05, 0) is 35.2 Å². The summed E-state index contributed by atoms with van der Waals surface area (Å²) in [7, 11) is 0. The van der Waals surface area contributed by atoms with Crippen LogP contribution < -0.4 is 5.32 Å². The number of hydrogen-bond donors (Lipinski definition) is 1. The average molecular weight is 391 g/mol. The van der Waals surface area contributed by atoms with E-state index in [0.29, 0.717) is 5.82 Å². The number of fused-ring (bicyclic) bond motifs is 1. The van der Waals surface area contributed by atoms with Gasteiger partial charge in [-0.3, -0.25) is 4.79 Å². The fourth-order valence-corrected chi connectivity index (χ4v) is 3.68. The lowest BCUT2D eigenvalue weighted by Gasteiger charge is -2.19. The molecule has 0 saturated carbocycles. The summed E-state index contributed by atoms with van der Waals surface area (Å²) in [4.78, 5) is 21.8. The van der Waals surface area contributed by atoms with Crippen molar-refractivity contribution in [2.75, 3.05) is 5.32 Å². The third kappa shape index (κ3) is 3.68. The number of carbonyl (C=O) groups is 1. The molecule has 28 heavy (non-hydrogen) atoms. The van der Waals surface area contributed by atoms with Gasteiger partial charge in [0.1, 0.15) is 12.2 Å². The van der Waals surface area contributed by atoms with Crippen LogP contribution in [0.2, 0.25) is 0 Å². The molecule has 4 aromatic rings. The summed E-state index contributed by atoms with van der Waals surface area (Å²) in [6.45, 7) is 6.69. The van der Waals surface area contributed by atoms with Crippen LogP contribution in [-0.4, -0.2) is 20.4 Å². The molecule has 0 aliphatic heterocycles. The Hall–Kier alpha value is -2.99. The maximum atomic E-state index is 12.7. The molecule has 1 N–H and O–H groups in total. The SMILES string of the molecule is CC(C)(C)c1ccc(NC(=O)Cn2c(-c3cscn3)nc3ccccc32)cc1. The number of rotatable bonds is 4. The van der Waals surface area contributed by atoms with Crippen LogP contribution in [0.15, 0.2) is 59.4 Å². The summed E-state index contributed by atoms with van der Waals surface area (Å²) in [6.07, 6.45) is 0. The third-order valence-electron chi connectivity index (χ3n) is 4.65. The number of anilines is 1. The fourth-order valence-electron chi connectivity index (χ4n) is 3.15. The van der Waals surface area contributed by atoms with Crippen molar-refractivity contribution in [3.63, 3.8) is 0 Å². The largest absolute Gasteiger partial charge is 0.325 e. The van der Waals surface area contributed by atoms with Crippen molar-refractivity contribution in [3.8, 4) is 11.5 Å². The van der Waals surface area contributed by atoms with Crippen molar-refractivity contribution < 1.29 is 4.79 Å². The van der Waals surface area contributed by atoms with Gasteiger partial charge < -0.3 is 9.88 Å². The summed E-state index contributed by atoms with van der Waals surface area (Å²) >= 11 is 1.51. The average Bonchev–Trinajstić information content (AvgIpc) is 3.30. The van der Waals surface area contributed by atoms with E-state index in [-0.39, 0.29) is 17.9 Å². The summed E-state index contributed by atoms with van der Waals surface area (Å²) in [5, 5.41) is 4.94. The number of nitrogens with zero attached hydrogens (tertiary/aromatic N) is 3. The Balaban J connectivity index is 1.59. The van der Waals surface area contributed by atoms with Gasteiger partial charge in [0.25, 0.3) is 0 Å². The first-order valence-corrected chi connectivity index (χ1v) is 10.1. The number of carbonyl (C=O) groups excluding carboxylic acids is 1. The maximum Gasteiger partial charge on any atom is 0.244 e. The Morgan fingerprint density at radius 1 is 1.11 bits per heavy atom. The topological polar surface area (TPSA) is 59.8 Å².